The Morgan fingerprint density at radius 2 is 2.05 bits per heavy atom. The summed E-state index contributed by atoms with van der Waals surface area (Å²) in [6, 6.07) is 7.02. The lowest BCUT2D eigenvalue weighted by Crippen LogP contribution is -2.18. The molecule has 1 unspecified atom stereocenters. The van der Waals surface area contributed by atoms with Gasteiger partial charge in [0, 0.05) is 29.8 Å². The van der Waals surface area contributed by atoms with E-state index in [0.29, 0.717) is 17.7 Å². The molecule has 0 aliphatic carbocycles. The lowest BCUT2D eigenvalue weighted by Gasteiger charge is -2.08. The predicted octanol–water partition coefficient (Wildman–Crippen LogP) is 2.83. The minimum Gasteiger partial charge on any atom is -0.487 e. The quantitative estimate of drug-likeness (QED) is 0.915. The summed E-state index contributed by atoms with van der Waals surface area (Å²) >= 11 is 0. The normalized spacial score (nSPS) is 12.2. The van der Waals surface area contributed by atoms with Crippen molar-refractivity contribution in [2.24, 2.45) is 5.73 Å². The van der Waals surface area contributed by atoms with Crippen molar-refractivity contribution in [1.82, 2.24) is 4.98 Å². The molecule has 0 amide bonds. The third-order valence-electron chi connectivity index (χ3n) is 2.74. The molecule has 5 heteroatoms. The number of nitrogens with zero attached hydrogens (tertiary/aromatic N) is 1. The second kappa shape index (κ2) is 6.43. The average molecular weight is 278 g/mol. The van der Waals surface area contributed by atoms with Crippen LogP contribution in [0, 0.1) is 11.6 Å². The molecule has 0 radical (unpaired) electrons. The van der Waals surface area contributed by atoms with E-state index in [4.69, 9.17) is 10.5 Å². The van der Waals surface area contributed by atoms with E-state index in [1.54, 1.807) is 12.3 Å². The van der Waals surface area contributed by atoms with Gasteiger partial charge in [-0.2, -0.15) is 0 Å². The molecule has 1 aromatic carbocycles. The SMILES string of the molecule is CC(N)Cc1ccc(OCc2ccc(F)cc2F)cn1. The van der Waals surface area contributed by atoms with Gasteiger partial charge in [-0.05, 0) is 31.2 Å². The summed E-state index contributed by atoms with van der Waals surface area (Å²) in [5.74, 6) is -0.693. The fraction of sp³-hybridized carbons (Fsp3) is 0.267. The summed E-state index contributed by atoms with van der Waals surface area (Å²) in [7, 11) is 0. The zero-order valence-electron chi connectivity index (χ0n) is 11.1. The van der Waals surface area contributed by atoms with Crippen LogP contribution in [0.1, 0.15) is 18.2 Å². The third-order valence-corrected chi connectivity index (χ3v) is 2.74. The second-order valence-electron chi connectivity index (χ2n) is 4.69. The Hall–Kier alpha value is -2.01. The monoisotopic (exact) mass is 278 g/mol. The molecule has 3 nitrogen and oxygen atoms in total. The van der Waals surface area contributed by atoms with Crippen molar-refractivity contribution in [2.75, 3.05) is 0 Å². The van der Waals surface area contributed by atoms with Gasteiger partial charge in [0.1, 0.15) is 24.0 Å². The Bertz CT molecular complexity index is 571. The van der Waals surface area contributed by atoms with Crippen LogP contribution in [0.3, 0.4) is 0 Å². The summed E-state index contributed by atoms with van der Waals surface area (Å²) in [6.45, 7) is 1.93. The lowest BCUT2D eigenvalue weighted by molar-refractivity contribution is 0.298. The predicted molar refractivity (Wildman–Crippen MR) is 72.3 cm³/mol. The van der Waals surface area contributed by atoms with Gasteiger partial charge in [-0.25, -0.2) is 8.78 Å². The smallest absolute Gasteiger partial charge is 0.138 e. The number of benzene rings is 1. The summed E-state index contributed by atoms with van der Waals surface area (Å²) in [6.07, 6.45) is 2.26. The first-order valence-electron chi connectivity index (χ1n) is 6.32. The topological polar surface area (TPSA) is 48.1 Å². The van der Waals surface area contributed by atoms with Gasteiger partial charge in [0.25, 0.3) is 0 Å². The molecule has 2 rings (SSSR count). The van der Waals surface area contributed by atoms with Gasteiger partial charge in [0.15, 0.2) is 0 Å². The van der Waals surface area contributed by atoms with Gasteiger partial charge >= 0.3 is 0 Å². The zero-order valence-corrected chi connectivity index (χ0v) is 11.1. The van der Waals surface area contributed by atoms with E-state index < -0.39 is 11.6 Å². The van der Waals surface area contributed by atoms with E-state index in [1.807, 2.05) is 13.0 Å². The number of aromatic nitrogens is 1. The number of nitrogens with two attached hydrogens (primary N) is 1. The Morgan fingerprint density at radius 3 is 2.65 bits per heavy atom. The molecule has 1 heterocycles. The van der Waals surface area contributed by atoms with E-state index >= 15 is 0 Å². The number of hydrogen-bond acceptors (Lipinski definition) is 3. The fourth-order valence-corrected chi connectivity index (χ4v) is 1.75. The highest BCUT2D eigenvalue weighted by atomic mass is 19.1. The molecule has 0 spiro atoms. The second-order valence-corrected chi connectivity index (χ2v) is 4.69. The van der Waals surface area contributed by atoms with Gasteiger partial charge in [-0.3, -0.25) is 4.98 Å². The van der Waals surface area contributed by atoms with E-state index in [9.17, 15) is 8.78 Å². The van der Waals surface area contributed by atoms with Crippen LogP contribution in [0.5, 0.6) is 5.75 Å². The van der Waals surface area contributed by atoms with Crippen molar-refractivity contribution in [1.29, 1.82) is 0 Å². The molecule has 0 bridgehead atoms. The van der Waals surface area contributed by atoms with E-state index in [2.05, 4.69) is 4.98 Å². The van der Waals surface area contributed by atoms with Crippen molar-refractivity contribution in [3.05, 3.63) is 59.4 Å². The van der Waals surface area contributed by atoms with Crippen molar-refractivity contribution in [3.8, 4) is 5.75 Å². The van der Waals surface area contributed by atoms with Gasteiger partial charge in [-0.1, -0.05) is 0 Å². The third kappa shape index (κ3) is 3.99. The minimum absolute atomic E-state index is 0.0282. The molecule has 0 fully saturated rings. The van der Waals surface area contributed by atoms with Crippen LogP contribution in [0.2, 0.25) is 0 Å². The highest BCUT2D eigenvalue weighted by Gasteiger charge is 2.05. The number of hydrogen-bond donors (Lipinski definition) is 1. The molecule has 0 saturated heterocycles. The number of pyridine rings is 1. The maximum absolute atomic E-state index is 13.4. The van der Waals surface area contributed by atoms with Crippen LogP contribution in [-0.2, 0) is 13.0 Å². The Morgan fingerprint density at radius 1 is 1.25 bits per heavy atom. The minimum atomic E-state index is -0.619. The van der Waals surface area contributed by atoms with Gasteiger partial charge in [0.2, 0.25) is 0 Å². The summed E-state index contributed by atoms with van der Waals surface area (Å²) in [5, 5.41) is 0. The van der Waals surface area contributed by atoms with Gasteiger partial charge < -0.3 is 10.5 Å². The summed E-state index contributed by atoms with van der Waals surface area (Å²) in [5.41, 5.74) is 6.86. The summed E-state index contributed by atoms with van der Waals surface area (Å²) in [4.78, 5) is 4.21. The lowest BCUT2D eigenvalue weighted by atomic mass is 10.2. The van der Waals surface area contributed by atoms with Crippen molar-refractivity contribution in [2.45, 2.75) is 26.0 Å². The molecule has 0 aliphatic rings. The molecule has 2 aromatic rings. The highest BCUT2D eigenvalue weighted by molar-refractivity contribution is 5.22. The molecule has 0 aliphatic heterocycles. The largest absolute Gasteiger partial charge is 0.487 e. The Balaban J connectivity index is 1.96. The molecule has 2 N–H and O–H groups in total. The maximum Gasteiger partial charge on any atom is 0.138 e. The molecule has 106 valence electrons. The first-order valence-corrected chi connectivity index (χ1v) is 6.32. The molecular weight excluding hydrogens is 262 g/mol. The van der Waals surface area contributed by atoms with Crippen LogP contribution in [0.15, 0.2) is 36.5 Å². The number of halogens is 2. The maximum atomic E-state index is 13.4. The molecule has 1 atom stereocenters. The molecule has 0 saturated carbocycles. The first kappa shape index (κ1) is 14.4. The van der Waals surface area contributed by atoms with Crippen LogP contribution < -0.4 is 10.5 Å². The van der Waals surface area contributed by atoms with Crippen LogP contribution in [-0.4, -0.2) is 11.0 Å². The average Bonchev–Trinajstić information content (AvgIpc) is 2.39. The summed E-state index contributed by atoms with van der Waals surface area (Å²) < 4.78 is 31.6. The van der Waals surface area contributed by atoms with E-state index in [0.717, 1.165) is 11.8 Å². The van der Waals surface area contributed by atoms with Crippen LogP contribution in [0.4, 0.5) is 8.78 Å². The number of ether oxygens (including phenoxy) is 1. The van der Waals surface area contributed by atoms with E-state index in [1.165, 1.54) is 12.1 Å². The van der Waals surface area contributed by atoms with Crippen molar-refractivity contribution >= 4 is 0 Å². The molecular formula is C15H16F2N2O. The van der Waals surface area contributed by atoms with Crippen LogP contribution >= 0.6 is 0 Å². The van der Waals surface area contributed by atoms with Crippen molar-refractivity contribution < 1.29 is 13.5 Å². The van der Waals surface area contributed by atoms with E-state index in [-0.39, 0.29) is 12.6 Å². The van der Waals surface area contributed by atoms with Crippen molar-refractivity contribution in [3.63, 3.8) is 0 Å². The van der Waals surface area contributed by atoms with Gasteiger partial charge in [-0.15, -0.1) is 0 Å². The van der Waals surface area contributed by atoms with Gasteiger partial charge in [0.05, 0.1) is 6.20 Å². The molecule has 20 heavy (non-hydrogen) atoms. The highest BCUT2D eigenvalue weighted by Crippen LogP contribution is 2.15. The Kier molecular flexibility index (Phi) is 4.63. The number of rotatable bonds is 5. The Labute approximate surface area is 116 Å². The molecule has 1 aromatic heterocycles. The first-order chi connectivity index (χ1) is 9.54. The fourth-order valence-electron chi connectivity index (χ4n) is 1.75. The standard InChI is InChI=1S/C15H16F2N2O/c1-10(18)6-13-4-5-14(8-19-13)20-9-11-2-3-12(16)7-15(11)17/h2-5,7-8,10H,6,9,18H2,1H3. The van der Waals surface area contributed by atoms with Crippen LogP contribution in [0.25, 0.3) is 0 Å². The zero-order chi connectivity index (χ0) is 14.5.